The highest BCUT2D eigenvalue weighted by atomic mass is 127. The number of benzene rings is 2. The molecule has 0 atom stereocenters. The minimum Gasteiger partial charge on any atom is -0.356 e. The van der Waals surface area contributed by atoms with Gasteiger partial charge in [-0.1, -0.05) is 47.6 Å². The predicted molar refractivity (Wildman–Crippen MR) is 129 cm³/mol. The number of amides is 1. The van der Waals surface area contributed by atoms with E-state index in [4.69, 9.17) is 4.52 Å². The van der Waals surface area contributed by atoms with Crippen LogP contribution in [-0.2, 0) is 13.1 Å². The van der Waals surface area contributed by atoms with Crippen molar-refractivity contribution in [1.29, 1.82) is 0 Å². The Bertz CT molecular complexity index is 969. The SMILES string of the molecule is CN=C(NCc1ccc(C(=O)N(C)C)cc1)NCc1cc(-c2ccccc2)on1.I. The molecule has 0 saturated heterocycles. The minimum atomic E-state index is -0.00975. The van der Waals surface area contributed by atoms with Crippen LogP contribution in [0.1, 0.15) is 21.6 Å². The first-order valence-electron chi connectivity index (χ1n) is 9.33. The van der Waals surface area contributed by atoms with E-state index in [0.717, 1.165) is 22.6 Å². The number of carbonyl (C=O) groups excluding carboxylic acids is 1. The fourth-order valence-corrected chi connectivity index (χ4v) is 2.74. The Morgan fingerprint density at radius 2 is 1.70 bits per heavy atom. The molecule has 158 valence electrons. The molecular weight excluding hydrogens is 493 g/mol. The predicted octanol–water partition coefficient (Wildman–Crippen LogP) is 3.53. The lowest BCUT2D eigenvalue weighted by Crippen LogP contribution is -2.36. The fraction of sp³-hybridized carbons (Fsp3) is 0.227. The molecule has 7 nitrogen and oxygen atoms in total. The Labute approximate surface area is 193 Å². The van der Waals surface area contributed by atoms with Crippen molar-refractivity contribution in [1.82, 2.24) is 20.7 Å². The third-order valence-corrected chi connectivity index (χ3v) is 4.34. The molecule has 0 saturated carbocycles. The summed E-state index contributed by atoms with van der Waals surface area (Å²) in [5, 5.41) is 10.6. The van der Waals surface area contributed by atoms with Gasteiger partial charge in [-0.25, -0.2) is 0 Å². The van der Waals surface area contributed by atoms with Crippen molar-refractivity contribution in [3.8, 4) is 11.3 Å². The number of carbonyl (C=O) groups is 1. The minimum absolute atomic E-state index is 0. The number of hydrogen-bond acceptors (Lipinski definition) is 4. The second-order valence-corrected chi connectivity index (χ2v) is 6.72. The van der Waals surface area contributed by atoms with Crippen LogP contribution in [0.3, 0.4) is 0 Å². The molecule has 8 heteroatoms. The van der Waals surface area contributed by atoms with Gasteiger partial charge < -0.3 is 20.1 Å². The van der Waals surface area contributed by atoms with E-state index in [-0.39, 0.29) is 29.9 Å². The Balaban J connectivity index is 0.00000320. The summed E-state index contributed by atoms with van der Waals surface area (Å²) >= 11 is 0. The molecule has 0 radical (unpaired) electrons. The van der Waals surface area contributed by atoms with E-state index in [1.165, 1.54) is 0 Å². The quantitative estimate of drug-likeness (QED) is 0.296. The van der Waals surface area contributed by atoms with Gasteiger partial charge in [-0.15, -0.1) is 24.0 Å². The molecule has 1 aromatic heterocycles. The standard InChI is InChI=1S/C22H25N5O2.HI/c1-23-22(24-14-16-9-11-18(12-10-16)21(28)27(2)3)25-15-19-13-20(29-26-19)17-7-5-4-6-8-17;/h4-13H,14-15H2,1-3H3,(H2,23,24,25);1H. The number of aliphatic imine (C=N–C) groups is 1. The van der Waals surface area contributed by atoms with Crippen molar-refractivity contribution in [3.63, 3.8) is 0 Å². The van der Waals surface area contributed by atoms with Crippen molar-refractivity contribution in [3.05, 3.63) is 77.5 Å². The second-order valence-electron chi connectivity index (χ2n) is 6.72. The largest absolute Gasteiger partial charge is 0.356 e. The van der Waals surface area contributed by atoms with Gasteiger partial charge in [0.1, 0.15) is 5.69 Å². The summed E-state index contributed by atoms with van der Waals surface area (Å²) < 4.78 is 5.41. The first kappa shape index (κ1) is 23.4. The Morgan fingerprint density at radius 3 is 2.33 bits per heavy atom. The van der Waals surface area contributed by atoms with Gasteiger partial charge in [0.05, 0.1) is 6.54 Å². The van der Waals surface area contributed by atoms with Crippen LogP contribution in [0.4, 0.5) is 0 Å². The normalized spacial score (nSPS) is 10.8. The maximum atomic E-state index is 11.9. The molecule has 0 spiro atoms. The topological polar surface area (TPSA) is 82.8 Å². The number of hydrogen-bond donors (Lipinski definition) is 2. The van der Waals surface area contributed by atoms with Crippen molar-refractivity contribution in [2.45, 2.75) is 13.1 Å². The van der Waals surface area contributed by atoms with E-state index >= 15 is 0 Å². The molecule has 3 aromatic rings. The van der Waals surface area contributed by atoms with Crippen molar-refractivity contribution in [2.24, 2.45) is 4.99 Å². The molecule has 0 fully saturated rings. The molecule has 0 unspecified atom stereocenters. The highest BCUT2D eigenvalue weighted by molar-refractivity contribution is 14.0. The number of nitrogens with one attached hydrogen (secondary N) is 2. The van der Waals surface area contributed by atoms with Gasteiger partial charge in [-0.05, 0) is 17.7 Å². The van der Waals surface area contributed by atoms with Crippen LogP contribution >= 0.6 is 24.0 Å². The van der Waals surface area contributed by atoms with Gasteiger partial charge in [0, 0.05) is 44.9 Å². The number of aromatic nitrogens is 1. The summed E-state index contributed by atoms with van der Waals surface area (Å²) in [4.78, 5) is 17.7. The highest BCUT2D eigenvalue weighted by Gasteiger charge is 2.09. The van der Waals surface area contributed by atoms with Crippen LogP contribution < -0.4 is 10.6 Å². The molecule has 0 bridgehead atoms. The summed E-state index contributed by atoms with van der Waals surface area (Å²) in [5.74, 6) is 1.38. The molecule has 30 heavy (non-hydrogen) atoms. The molecule has 3 rings (SSSR count). The number of guanidine groups is 1. The summed E-state index contributed by atoms with van der Waals surface area (Å²) in [7, 11) is 5.20. The third-order valence-electron chi connectivity index (χ3n) is 4.34. The van der Waals surface area contributed by atoms with E-state index in [9.17, 15) is 4.79 Å². The van der Waals surface area contributed by atoms with E-state index in [0.29, 0.717) is 24.6 Å². The average Bonchev–Trinajstić information content (AvgIpc) is 3.23. The lowest BCUT2D eigenvalue weighted by molar-refractivity contribution is 0.0827. The number of rotatable bonds is 6. The maximum absolute atomic E-state index is 11.9. The maximum Gasteiger partial charge on any atom is 0.253 e. The van der Waals surface area contributed by atoms with Crippen LogP contribution in [0.15, 0.2) is 70.2 Å². The summed E-state index contributed by atoms with van der Waals surface area (Å²) in [6, 6.07) is 19.3. The van der Waals surface area contributed by atoms with Crippen LogP contribution in [0.25, 0.3) is 11.3 Å². The Hall–Kier alpha value is -2.88. The van der Waals surface area contributed by atoms with E-state index in [1.807, 2.05) is 60.7 Å². The molecule has 0 aliphatic heterocycles. The number of nitrogens with zero attached hydrogens (tertiary/aromatic N) is 3. The average molecular weight is 519 g/mol. The summed E-state index contributed by atoms with van der Waals surface area (Å²) in [6.45, 7) is 1.08. The van der Waals surface area contributed by atoms with E-state index in [1.54, 1.807) is 26.0 Å². The van der Waals surface area contributed by atoms with Gasteiger partial charge in [0.15, 0.2) is 11.7 Å². The first-order valence-corrected chi connectivity index (χ1v) is 9.33. The monoisotopic (exact) mass is 519 g/mol. The second kappa shape index (κ2) is 11.3. The zero-order chi connectivity index (χ0) is 20.6. The van der Waals surface area contributed by atoms with Gasteiger partial charge in [0.25, 0.3) is 5.91 Å². The molecule has 0 aliphatic rings. The first-order chi connectivity index (χ1) is 14.1. The molecule has 1 heterocycles. The van der Waals surface area contributed by atoms with Crippen LogP contribution in [-0.4, -0.2) is 43.1 Å². The van der Waals surface area contributed by atoms with Gasteiger partial charge in [-0.2, -0.15) is 0 Å². The summed E-state index contributed by atoms with van der Waals surface area (Å²) in [6.07, 6.45) is 0. The smallest absolute Gasteiger partial charge is 0.253 e. The molecular formula is C22H26IN5O2. The van der Waals surface area contributed by atoms with Crippen LogP contribution in [0, 0.1) is 0 Å². The molecule has 2 aromatic carbocycles. The Morgan fingerprint density at radius 1 is 1.03 bits per heavy atom. The summed E-state index contributed by atoms with van der Waals surface area (Å²) in [5.41, 5.74) is 3.50. The Kier molecular flexibility index (Phi) is 8.85. The molecule has 0 aliphatic carbocycles. The lowest BCUT2D eigenvalue weighted by atomic mass is 10.1. The van der Waals surface area contributed by atoms with Crippen molar-refractivity contribution >= 4 is 35.8 Å². The zero-order valence-electron chi connectivity index (χ0n) is 17.3. The van der Waals surface area contributed by atoms with Crippen molar-refractivity contribution in [2.75, 3.05) is 21.1 Å². The van der Waals surface area contributed by atoms with Gasteiger partial charge in [-0.3, -0.25) is 9.79 Å². The van der Waals surface area contributed by atoms with Gasteiger partial charge >= 0.3 is 0 Å². The zero-order valence-corrected chi connectivity index (χ0v) is 19.6. The highest BCUT2D eigenvalue weighted by Crippen LogP contribution is 2.19. The van der Waals surface area contributed by atoms with E-state index in [2.05, 4.69) is 20.8 Å². The molecule has 1 amide bonds. The van der Waals surface area contributed by atoms with Crippen molar-refractivity contribution < 1.29 is 9.32 Å². The van der Waals surface area contributed by atoms with Crippen LogP contribution in [0.2, 0.25) is 0 Å². The van der Waals surface area contributed by atoms with Crippen LogP contribution in [0.5, 0.6) is 0 Å². The van der Waals surface area contributed by atoms with E-state index < -0.39 is 0 Å². The number of halogens is 1. The lowest BCUT2D eigenvalue weighted by Gasteiger charge is -2.12. The fourth-order valence-electron chi connectivity index (χ4n) is 2.74. The van der Waals surface area contributed by atoms with Gasteiger partial charge in [0.2, 0.25) is 0 Å². The third kappa shape index (κ3) is 6.31. The molecule has 2 N–H and O–H groups in total.